The van der Waals surface area contributed by atoms with Gasteiger partial charge in [-0.05, 0) is 81.0 Å². The first-order valence-corrected chi connectivity index (χ1v) is 10.4. The summed E-state index contributed by atoms with van der Waals surface area (Å²) in [6.07, 6.45) is 2.10. The Morgan fingerprint density at radius 3 is 2.35 bits per heavy atom. The van der Waals surface area contributed by atoms with E-state index in [-0.39, 0.29) is 9.79 Å². The Labute approximate surface area is 154 Å². The average Bonchev–Trinajstić information content (AvgIpc) is 2.76. The van der Waals surface area contributed by atoms with Crippen LogP contribution in [-0.4, -0.2) is 46.5 Å². The lowest BCUT2D eigenvalue weighted by Crippen LogP contribution is -2.31. The van der Waals surface area contributed by atoms with Crippen LogP contribution in [0, 0.1) is 5.82 Å². The molecule has 0 amide bonds. The molecule has 26 heavy (non-hydrogen) atoms. The average molecular weight is 374 g/mol. The fourth-order valence-electron chi connectivity index (χ4n) is 4.29. The highest BCUT2D eigenvalue weighted by atomic mass is 32.2. The van der Waals surface area contributed by atoms with Crippen molar-refractivity contribution in [2.24, 2.45) is 0 Å². The molecule has 0 saturated carbocycles. The lowest BCUT2D eigenvalue weighted by Gasteiger charge is -2.25. The van der Waals surface area contributed by atoms with E-state index in [1.807, 2.05) is 12.1 Å². The summed E-state index contributed by atoms with van der Waals surface area (Å²) in [5.74, 6) is -0.0896. The van der Waals surface area contributed by atoms with Gasteiger partial charge in [-0.2, -0.15) is 0 Å². The molecule has 138 valence electrons. The molecule has 0 radical (unpaired) electrons. The van der Waals surface area contributed by atoms with Crippen LogP contribution < -0.4 is 4.90 Å². The van der Waals surface area contributed by atoms with Gasteiger partial charge in [-0.1, -0.05) is 0 Å². The summed E-state index contributed by atoms with van der Waals surface area (Å²) in [7, 11) is 0.588. The summed E-state index contributed by atoms with van der Waals surface area (Å²) in [5.41, 5.74) is 2.25. The molecular weight excluding hydrogens is 351 g/mol. The smallest absolute Gasteiger partial charge is 0.206 e. The van der Waals surface area contributed by atoms with E-state index in [1.165, 1.54) is 24.3 Å². The van der Waals surface area contributed by atoms with E-state index in [0.717, 1.165) is 37.2 Å². The Morgan fingerprint density at radius 2 is 1.62 bits per heavy atom. The normalized spacial score (nSPS) is 23.4. The standard InChI is InChI=1S/C20H23FN2O2S/c1-22-11-9-17-18-13-16(7-8-19(18)23(2)20(17)10-12-22)26(24,25)15-5-3-14(21)4-6-15/h3-8,13,17,20H,9-12H2,1-2H3/t17-,20+/m1/s1. The van der Waals surface area contributed by atoms with E-state index in [0.29, 0.717) is 12.0 Å². The maximum absolute atomic E-state index is 13.2. The Morgan fingerprint density at radius 1 is 0.962 bits per heavy atom. The lowest BCUT2D eigenvalue weighted by molar-refractivity contribution is 0.345. The minimum absolute atomic E-state index is 0.127. The number of rotatable bonds is 2. The van der Waals surface area contributed by atoms with Crippen molar-refractivity contribution in [1.29, 1.82) is 0 Å². The Balaban J connectivity index is 1.75. The van der Waals surface area contributed by atoms with Gasteiger partial charge >= 0.3 is 0 Å². The predicted octanol–water partition coefficient (Wildman–Crippen LogP) is 3.29. The maximum Gasteiger partial charge on any atom is 0.206 e. The molecule has 0 aromatic heterocycles. The minimum atomic E-state index is -3.65. The van der Waals surface area contributed by atoms with E-state index in [1.54, 1.807) is 6.07 Å². The molecule has 1 fully saturated rings. The molecule has 2 aliphatic rings. The first kappa shape index (κ1) is 17.5. The third-order valence-corrected chi connectivity index (χ3v) is 7.57. The summed E-state index contributed by atoms with van der Waals surface area (Å²) >= 11 is 0. The molecule has 2 aromatic rings. The number of likely N-dealkylation sites (tertiary alicyclic amines) is 1. The Bertz CT molecular complexity index is 927. The monoisotopic (exact) mass is 374 g/mol. The van der Waals surface area contributed by atoms with Crippen molar-refractivity contribution in [2.45, 2.75) is 34.6 Å². The molecule has 0 bridgehead atoms. The third kappa shape index (κ3) is 2.81. The molecule has 4 rings (SSSR count). The molecular formula is C20H23FN2O2S. The lowest BCUT2D eigenvalue weighted by atomic mass is 9.91. The zero-order valence-corrected chi connectivity index (χ0v) is 15.8. The Hall–Kier alpha value is -1.92. The Kier molecular flexibility index (Phi) is 4.28. The van der Waals surface area contributed by atoms with Crippen LogP contribution >= 0.6 is 0 Å². The SMILES string of the molecule is CN1CC[C@@H]2c3cc(S(=O)(=O)c4ccc(F)cc4)ccc3N(C)[C@H]2CC1. The summed E-state index contributed by atoms with van der Waals surface area (Å²) in [6.45, 7) is 2.07. The highest BCUT2D eigenvalue weighted by Crippen LogP contribution is 2.45. The zero-order chi connectivity index (χ0) is 18.5. The fraction of sp³-hybridized carbons (Fsp3) is 0.400. The number of nitrogens with zero attached hydrogens (tertiary/aromatic N) is 2. The maximum atomic E-state index is 13.2. The van der Waals surface area contributed by atoms with Crippen LogP contribution in [0.4, 0.5) is 10.1 Å². The molecule has 0 unspecified atom stereocenters. The molecule has 1 saturated heterocycles. The van der Waals surface area contributed by atoms with Gasteiger partial charge in [0.15, 0.2) is 0 Å². The molecule has 2 aromatic carbocycles. The first-order valence-electron chi connectivity index (χ1n) is 8.94. The van der Waals surface area contributed by atoms with Crippen molar-refractivity contribution in [3.8, 4) is 0 Å². The second-order valence-corrected chi connectivity index (χ2v) is 9.29. The van der Waals surface area contributed by atoms with Gasteiger partial charge in [0.05, 0.1) is 9.79 Å². The van der Waals surface area contributed by atoms with E-state index < -0.39 is 15.7 Å². The van der Waals surface area contributed by atoms with Crippen LogP contribution in [0.1, 0.15) is 24.3 Å². The number of likely N-dealkylation sites (N-methyl/N-ethyl adjacent to an activating group) is 1. The number of hydrogen-bond donors (Lipinski definition) is 0. The summed E-state index contributed by atoms with van der Waals surface area (Å²) in [4.78, 5) is 5.05. The molecule has 2 heterocycles. The van der Waals surface area contributed by atoms with Crippen molar-refractivity contribution in [2.75, 3.05) is 32.1 Å². The van der Waals surface area contributed by atoms with Crippen LogP contribution in [0.2, 0.25) is 0 Å². The number of sulfone groups is 1. The van der Waals surface area contributed by atoms with Gasteiger partial charge in [0, 0.05) is 24.7 Å². The van der Waals surface area contributed by atoms with Crippen molar-refractivity contribution < 1.29 is 12.8 Å². The predicted molar refractivity (Wildman–Crippen MR) is 100.0 cm³/mol. The molecule has 0 N–H and O–H groups in total. The highest BCUT2D eigenvalue weighted by Gasteiger charge is 2.38. The van der Waals surface area contributed by atoms with Gasteiger partial charge in [-0.25, -0.2) is 12.8 Å². The van der Waals surface area contributed by atoms with Crippen LogP contribution in [0.5, 0.6) is 0 Å². The first-order chi connectivity index (χ1) is 12.4. The van der Waals surface area contributed by atoms with Crippen molar-refractivity contribution in [3.05, 3.63) is 53.8 Å². The van der Waals surface area contributed by atoms with Crippen molar-refractivity contribution in [3.63, 3.8) is 0 Å². The van der Waals surface area contributed by atoms with Crippen LogP contribution in [0.25, 0.3) is 0 Å². The zero-order valence-electron chi connectivity index (χ0n) is 15.0. The molecule has 0 spiro atoms. The van der Waals surface area contributed by atoms with Gasteiger partial charge in [0.1, 0.15) is 5.82 Å². The highest BCUT2D eigenvalue weighted by molar-refractivity contribution is 7.91. The van der Waals surface area contributed by atoms with Gasteiger partial charge in [0.2, 0.25) is 9.84 Å². The van der Waals surface area contributed by atoms with Gasteiger partial charge in [-0.3, -0.25) is 0 Å². The summed E-state index contributed by atoms with van der Waals surface area (Å²) in [5, 5.41) is 0. The fourth-order valence-corrected chi connectivity index (χ4v) is 5.59. The molecule has 4 nitrogen and oxygen atoms in total. The number of anilines is 1. The molecule has 0 aliphatic carbocycles. The second-order valence-electron chi connectivity index (χ2n) is 7.34. The number of benzene rings is 2. The van der Waals surface area contributed by atoms with Gasteiger partial charge < -0.3 is 9.80 Å². The summed E-state index contributed by atoms with van der Waals surface area (Å²) in [6, 6.07) is 10.9. The summed E-state index contributed by atoms with van der Waals surface area (Å²) < 4.78 is 39.1. The van der Waals surface area contributed by atoms with E-state index in [4.69, 9.17) is 0 Å². The van der Waals surface area contributed by atoms with Crippen molar-refractivity contribution in [1.82, 2.24) is 4.90 Å². The number of fused-ring (bicyclic) bond motifs is 3. The van der Waals surface area contributed by atoms with E-state index in [9.17, 15) is 12.8 Å². The van der Waals surface area contributed by atoms with E-state index >= 15 is 0 Å². The molecule has 2 aliphatic heterocycles. The van der Waals surface area contributed by atoms with Crippen molar-refractivity contribution >= 4 is 15.5 Å². The largest absolute Gasteiger partial charge is 0.371 e. The van der Waals surface area contributed by atoms with E-state index in [2.05, 4.69) is 23.9 Å². The number of halogens is 1. The van der Waals surface area contributed by atoms with Crippen LogP contribution in [0.15, 0.2) is 52.3 Å². The minimum Gasteiger partial charge on any atom is -0.371 e. The topological polar surface area (TPSA) is 40.6 Å². The quantitative estimate of drug-likeness (QED) is 0.757. The molecule has 6 heteroatoms. The molecule has 2 atom stereocenters. The number of hydrogen-bond acceptors (Lipinski definition) is 4. The van der Waals surface area contributed by atoms with Gasteiger partial charge in [0.25, 0.3) is 0 Å². The van der Waals surface area contributed by atoms with Gasteiger partial charge in [-0.15, -0.1) is 0 Å². The second kappa shape index (κ2) is 6.35. The van der Waals surface area contributed by atoms with Crippen LogP contribution in [-0.2, 0) is 9.84 Å². The third-order valence-electron chi connectivity index (χ3n) is 5.80. The van der Waals surface area contributed by atoms with Crippen LogP contribution in [0.3, 0.4) is 0 Å².